The summed E-state index contributed by atoms with van der Waals surface area (Å²) in [6.45, 7) is 2.16. The van der Waals surface area contributed by atoms with Gasteiger partial charge in [-0.2, -0.15) is 5.26 Å². The van der Waals surface area contributed by atoms with E-state index < -0.39 is 0 Å². The van der Waals surface area contributed by atoms with E-state index in [1.54, 1.807) is 24.4 Å². The van der Waals surface area contributed by atoms with E-state index in [-0.39, 0.29) is 5.91 Å². The fourth-order valence-electron chi connectivity index (χ4n) is 2.99. The summed E-state index contributed by atoms with van der Waals surface area (Å²) in [4.78, 5) is 22.8. The van der Waals surface area contributed by atoms with Crippen LogP contribution in [0.3, 0.4) is 0 Å². The molecule has 8 heteroatoms. The average Bonchev–Trinajstić information content (AvgIpc) is 2.68. The van der Waals surface area contributed by atoms with Gasteiger partial charge in [-0.1, -0.05) is 27.5 Å². The van der Waals surface area contributed by atoms with E-state index >= 15 is 0 Å². The number of rotatable bonds is 4. The summed E-state index contributed by atoms with van der Waals surface area (Å²) in [6, 6.07) is 7.31. The highest BCUT2D eigenvalue weighted by molar-refractivity contribution is 9.10. The maximum atomic E-state index is 12.3. The molecule has 1 fully saturated rings. The first-order valence-corrected chi connectivity index (χ1v) is 9.45. The fraction of sp³-hybridized carbons (Fsp3) is 0.333. The molecule has 1 aliphatic rings. The van der Waals surface area contributed by atoms with Crippen molar-refractivity contribution >= 4 is 39.3 Å². The number of aromatic nitrogens is 2. The number of hydrogen-bond acceptors (Lipinski definition) is 5. The molecule has 134 valence electrons. The number of carbonyl (C=O) groups is 1. The van der Waals surface area contributed by atoms with Crippen LogP contribution in [0.15, 0.2) is 35.1 Å². The smallest absolute Gasteiger partial charge is 0.252 e. The highest BCUT2D eigenvalue weighted by Crippen LogP contribution is 2.24. The number of carbonyl (C=O) groups excluding carboxylic acids is 1. The molecule has 0 spiro atoms. The van der Waals surface area contributed by atoms with Crippen LogP contribution in [0.5, 0.6) is 0 Å². The molecular weight excluding hydrogens is 418 g/mol. The van der Waals surface area contributed by atoms with Gasteiger partial charge in [-0.25, -0.2) is 9.97 Å². The van der Waals surface area contributed by atoms with Gasteiger partial charge >= 0.3 is 0 Å². The van der Waals surface area contributed by atoms with Crippen LogP contribution in [0.4, 0.5) is 5.82 Å². The molecule has 3 rings (SSSR count). The number of nitrogens with one attached hydrogen (secondary N) is 1. The number of benzene rings is 1. The molecule has 0 saturated carbocycles. The quantitative estimate of drug-likeness (QED) is 0.797. The molecule has 0 unspecified atom stereocenters. The van der Waals surface area contributed by atoms with Gasteiger partial charge in [0.1, 0.15) is 6.07 Å². The van der Waals surface area contributed by atoms with Crippen molar-refractivity contribution in [3.63, 3.8) is 0 Å². The van der Waals surface area contributed by atoms with E-state index in [1.807, 2.05) is 0 Å². The fourth-order valence-corrected chi connectivity index (χ4v) is 3.56. The van der Waals surface area contributed by atoms with Crippen LogP contribution in [-0.2, 0) is 0 Å². The number of halogens is 2. The lowest BCUT2D eigenvalue weighted by Gasteiger charge is -2.32. The summed E-state index contributed by atoms with van der Waals surface area (Å²) in [5, 5.41) is 12.6. The zero-order chi connectivity index (χ0) is 18.5. The Morgan fingerprint density at radius 2 is 2.08 bits per heavy atom. The zero-order valence-corrected chi connectivity index (χ0v) is 16.3. The van der Waals surface area contributed by atoms with E-state index in [2.05, 4.69) is 42.2 Å². The number of hydrogen-bond donors (Lipinski definition) is 1. The van der Waals surface area contributed by atoms with Gasteiger partial charge in [0.05, 0.1) is 10.6 Å². The summed E-state index contributed by atoms with van der Waals surface area (Å²) in [5.74, 6) is 0.848. The molecule has 0 aliphatic carbocycles. The first-order valence-electron chi connectivity index (χ1n) is 8.28. The first kappa shape index (κ1) is 18.6. The second kappa shape index (κ2) is 8.47. The molecule has 1 saturated heterocycles. The van der Waals surface area contributed by atoms with Crippen LogP contribution in [0.25, 0.3) is 0 Å². The molecule has 2 aromatic rings. The molecule has 0 radical (unpaired) electrons. The van der Waals surface area contributed by atoms with Crippen molar-refractivity contribution in [2.75, 3.05) is 24.5 Å². The molecule has 26 heavy (non-hydrogen) atoms. The Balaban J connectivity index is 1.54. The van der Waals surface area contributed by atoms with Crippen molar-refractivity contribution in [3.8, 4) is 6.07 Å². The van der Waals surface area contributed by atoms with Gasteiger partial charge in [0.25, 0.3) is 5.91 Å². The normalized spacial score (nSPS) is 14.7. The lowest BCUT2D eigenvalue weighted by Crippen LogP contribution is -2.39. The Bertz CT molecular complexity index is 846. The monoisotopic (exact) mass is 433 g/mol. The Morgan fingerprint density at radius 1 is 1.35 bits per heavy atom. The summed E-state index contributed by atoms with van der Waals surface area (Å²) >= 11 is 9.46. The third-order valence-corrected chi connectivity index (χ3v) is 5.25. The molecule has 2 heterocycles. The predicted octanol–water partition coefficient (Wildman–Crippen LogP) is 3.41. The standard InChI is InChI=1S/C18H17BrClN5O/c19-13-1-2-15(20)14(9-13)18(26)24-11-12-3-7-25(8-4-12)17-16(10-21)22-5-6-23-17/h1-2,5-6,9,12H,3-4,7-8,11H2,(H,24,26). The molecule has 6 nitrogen and oxygen atoms in total. The maximum absolute atomic E-state index is 12.3. The lowest BCUT2D eigenvalue weighted by atomic mass is 9.96. The van der Waals surface area contributed by atoms with Crippen molar-refractivity contribution in [2.45, 2.75) is 12.8 Å². The Labute approximate surface area is 165 Å². The molecule has 1 amide bonds. The molecule has 0 atom stereocenters. The van der Waals surface area contributed by atoms with E-state index in [0.29, 0.717) is 34.6 Å². The van der Waals surface area contributed by atoms with Crippen LogP contribution in [-0.4, -0.2) is 35.5 Å². The van der Waals surface area contributed by atoms with Gasteiger partial charge < -0.3 is 10.2 Å². The molecule has 0 bridgehead atoms. The predicted molar refractivity (Wildman–Crippen MR) is 103 cm³/mol. The van der Waals surface area contributed by atoms with Crippen molar-refractivity contribution in [1.82, 2.24) is 15.3 Å². The Kier molecular flexibility index (Phi) is 6.07. The number of nitrogens with zero attached hydrogens (tertiary/aromatic N) is 4. The van der Waals surface area contributed by atoms with Gasteiger partial charge in [-0.05, 0) is 37.0 Å². The van der Waals surface area contributed by atoms with Gasteiger partial charge in [0, 0.05) is 36.5 Å². The Hall–Kier alpha value is -2.17. The summed E-state index contributed by atoms with van der Waals surface area (Å²) in [5.41, 5.74) is 0.820. The SMILES string of the molecule is N#Cc1nccnc1N1CCC(CNC(=O)c2cc(Br)ccc2Cl)CC1. The molecular formula is C18H17BrClN5O. The largest absolute Gasteiger partial charge is 0.354 e. The molecule has 1 aromatic carbocycles. The highest BCUT2D eigenvalue weighted by Gasteiger charge is 2.23. The van der Waals surface area contributed by atoms with E-state index in [9.17, 15) is 4.79 Å². The molecule has 1 aromatic heterocycles. The van der Waals surface area contributed by atoms with Crippen LogP contribution in [0, 0.1) is 17.2 Å². The third-order valence-electron chi connectivity index (χ3n) is 4.42. The second-order valence-corrected chi connectivity index (χ2v) is 7.43. The number of nitriles is 1. The number of amides is 1. The van der Waals surface area contributed by atoms with Gasteiger partial charge in [-0.15, -0.1) is 0 Å². The first-order chi connectivity index (χ1) is 12.6. The van der Waals surface area contributed by atoms with Crippen molar-refractivity contribution in [3.05, 3.63) is 51.3 Å². The van der Waals surface area contributed by atoms with Gasteiger partial charge in [0.15, 0.2) is 11.5 Å². The van der Waals surface area contributed by atoms with Gasteiger partial charge in [0.2, 0.25) is 0 Å². The van der Waals surface area contributed by atoms with Crippen LogP contribution in [0.2, 0.25) is 5.02 Å². The van der Waals surface area contributed by atoms with E-state index in [1.165, 1.54) is 6.20 Å². The molecule has 1 N–H and O–H groups in total. The highest BCUT2D eigenvalue weighted by atomic mass is 79.9. The van der Waals surface area contributed by atoms with Crippen LogP contribution >= 0.6 is 27.5 Å². The van der Waals surface area contributed by atoms with Crippen LogP contribution in [0.1, 0.15) is 28.9 Å². The summed E-state index contributed by atoms with van der Waals surface area (Å²) in [6.07, 6.45) is 4.95. The zero-order valence-electron chi connectivity index (χ0n) is 14.0. The topological polar surface area (TPSA) is 81.9 Å². The van der Waals surface area contributed by atoms with Crippen molar-refractivity contribution in [2.24, 2.45) is 5.92 Å². The Morgan fingerprint density at radius 3 is 2.81 bits per heavy atom. The minimum absolute atomic E-state index is 0.167. The van der Waals surface area contributed by atoms with Gasteiger partial charge in [-0.3, -0.25) is 4.79 Å². The molecule has 1 aliphatic heterocycles. The van der Waals surface area contributed by atoms with Crippen molar-refractivity contribution in [1.29, 1.82) is 5.26 Å². The number of piperidine rings is 1. The summed E-state index contributed by atoms with van der Waals surface area (Å²) in [7, 11) is 0. The number of anilines is 1. The van der Waals surface area contributed by atoms with E-state index in [0.717, 1.165) is 30.4 Å². The minimum Gasteiger partial charge on any atom is -0.354 e. The third kappa shape index (κ3) is 4.32. The van der Waals surface area contributed by atoms with Crippen LogP contribution < -0.4 is 10.2 Å². The lowest BCUT2D eigenvalue weighted by molar-refractivity contribution is 0.0945. The van der Waals surface area contributed by atoms with Crippen molar-refractivity contribution < 1.29 is 4.79 Å². The maximum Gasteiger partial charge on any atom is 0.252 e. The second-order valence-electron chi connectivity index (χ2n) is 6.10. The average molecular weight is 435 g/mol. The summed E-state index contributed by atoms with van der Waals surface area (Å²) < 4.78 is 0.817. The van der Waals surface area contributed by atoms with E-state index in [4.69, 9.17) is 16.9 Å². The minimum atomic E-state index is -0.167.